The molecule has 0 aliphatic heterocycles. The first-order valence-electron chi connectivity index (χ1n) is 10.4. The van der Waals surface area contributed by atoms with Crippen LogP contribution in [0.25, 0.3) is 0 Å². The van der Waals surface area contributed by atoms with Gasteiger partial charge in [0.2, 0.25) is 5.91 Å². The number of carbonyl (C=O) groups excluding carboxylic acids is 2. The first-order chi connectivity index (χ1) is 15.4. The van der Waals surface area contributed by atoms with Gasteiger partial charge in [0.15, 0.2) is 0 Å². The summed E-state index contributed by atoms with van der Waals surface area (Å²) in [4.78, 5) is 52.3. The fraction of sp³-hybridized carbons (Fsp3) is 0.455. The number of rotatable bonds is 8. The van der Waals surface area contributed by atoms with Crippen LogP contribution in [0.2, 0.25) is 0 Å². The van der Waals surface area contributed by atoms with Crippen molar-refractivity contribution in [3.8, 4) is 0 Å². The summed E-state index contributed by atoms with van der Waals surface area (Å²) in [5.41, 5.74) is -0.798. The summed E-state index contributed by atoms with van der Waals surface area (Å²) in [6.45, 7) is 5.48. The number of benzene rings is 1. The Hall–Kier alpha value is -3.44. The van der Waals surface area contributed by atoms with E-state index in [1.54, 1.807) is 45.0 Å². The number of aliphatic hydroxyl groups is 2. The zero-order valence-electron chi connectivity index (χ0n) is 19.1. The Morgan fingerprint density at radius 3 is 2.55 bits per heavy atom. The van der Waals surface area contributed by atoms with Crippen LogP contribution in [0.3, 0.4) is 0 Å². The molecular formula is C22H30N4O7. The molecule has 0 radical (unpaired) electrons. The first-order valence-corrected chi connectivity index (χ1v) is 10.4. The lowest BCUT2D eigenvalue weighted by Crippen LogP contribution is -2.43. The predicted molar refractivity (Wildman–Crippen MR) is 121 cm³/mol. The number of anilines is 1. The van der Waals surface area contributed by atoms with E-state index < -0.39 is 48.1 Å². The maximum atomic E-state index is 13.2. The number of aromatic amines is 1. The highest BCUT2D eigenvalue weighted by Gasteiger charge is 2.23. The molecule has 0 saturated heterocycles. The van der Waals surface area contributed by atoms with Gasteiger partial charge in [0.25, 0.3) is 5.56 Å². The minimum absolute atomic E-state index is 0.0296. The summed E-state index contributed by atoms with van der Waals surface area (Å²) < 4.78 is 6.29. The lowest BCUT2D eigenvalue weighted by molar-refractivity contribution is -0.119. The van der Waals surface area contributed by atoms with Gasteiger partial charge in [-0.25, -0.2) is 9.59 Å². The molecule has 1 aromatic heterocycles. The summed E-state index contributed by atoms with van der Waals surface area (Å²) in [5.74, 6) is -0.569. The van der Waals surface area contributed by atoms with Crippen molar-refractivity contribution in [1.82, 2.24) is 14.9 Å². The van der Waals surface area contributed by atoms with Crippen molar-refractivity contribution in [3.63, 3.8) is 0 Å². The molecular weight excluding hydrogens is 432 g/mol. The van der Waals surface area contributed by atoms with Gasteiger partial charge in [-0.2, -0.15) is 0 Å². The number of nitrogens with zero attached hydrogens (tertiary/aromatic N) is 2. The standard InChI is InChI=1S/C22H30N4O7/c1-14-10-25(20(31)24-19(14)30)12-18(29)26(11-16(28)13-27)17-8-6-5-7-15(17)9-23-21(32)33-22(2,3)4/h5-8,10,16,27-28H,9,11-13H2,1-4H3,(H,23,32)(H,24,30,31). The summed E-state index contributed by atoms with van der Waals surface area (Å²) in [6, 6.07) is 6.70. The molecule has 1 aromatic carbocycles. The molecule has 2 aromatic rings. The highest BCUT2D eigenvalue weighted by atomic mass is 16.6. The zero-order chi connectivity index (χ0) is 24.8. The molecule has 2 amide bonds. The number of aryl methyl sites for hydroxylation is 1. The highest BCUT2D eigenvalue weighted by molar-refractivity contribution is 5.94. The van der Waals surface area contributed by atoms with Crippen molar-refractivity contribution in [3.05, 3.63) is 62.4 Å². The molecule has 11 heteroatoms. The zero-order valence-corrected chi connectivity index (χ0v) is 19.1. The van der Waals surface area contributed by atoms with E-state index in [1.807, 2.05) is 0 Å². The van der Waals surface area contributed by atoms with Crippen LogP contribution < -0.4 is 21.5 Å². The van der Waals surface area contributed by atoms with Crippen LogP contribution in [0.1, 0.15) is 31.9 Å². The fourth-order valence-electron chi connectivity index (χ4n) is 2.98. The first kappa shape index (κ1) is 25.8. The number of ether oxygens (including phenoxy) is 1. The maximum absolute atomic E-state index is 13.2. The number of aliphatic hydroxyl groups excluding tert-OH is 2. The van der Waals surface area contributed by atoms with Crippen LogP contribution in [-0.4, -0.2) is 56.6 Å². The Kier molecular flexibility index (Phi) is 8.55. The molecule has 2 rings (SSSR count). The van der Waals surface area contributed by atoms with E-state index >= 15 is 0 Å². The number of hydrogen-bond donors (Lipinski definition) is 4. The summed E-state index contributed by atoms with van der Waals surface area (Å²) >= 11 is 0. The molecule has 1 atom stereocenters. The van der Waals surface area contributed by atoms with Gasteiger partial charge in [0, 0.05) is 24.0 Å². The lowest BCUT2D eigenvalue weighted by atomic mass is 10.1. The molecule has 33 heavy (non-hydrogen) atoms. The van der Waals surface area contributed by atoms with Crippen LogP contribution >= 0.6 is 0 Å². The van der Waals surface area contributed by atoms with Crippen molar-refractivity contribution in [2.24, 2.45) is 0 Å². The van der Waals surface area contributed by atoms with Gasteiger partial charge in [-0.1, -0.05) is 18.2 Å². The molecule has 1 unspecified atom stereocenters. The molecule has 0 aliphatic carbocycles. The molecule has 0 bridgehead atoms. The Balaban J connectivity index is 2.33. The van der Waals surface area contributed by atoms with Crippen molar-refractivity contribution >= 4 is 17.7 Å². The average Bonchev–Trinajstić information content (AvgIpc) is 2.73. The van der Waals surface area contributed by atoms with Crippen LogP contribution in [-0.2, 0) is 22.6 Å². The third-order valence-corrected chi connectivity index (χ3v) is 4.50. The third kappa shape index (κ3) is 7.58. The Morgan fingerprint density at radius 1 is 1.24 bits per heavy atom. The van der Waals surface area contributed by atoms with Gasteiger partial charge < -0.3 is 25.2 Å². The SMILES string of the molecule is Cc1cn(CC(=O)N(CC(O)CO)c2ccccc2CNC(=O)OC(C)(C)C)c(=O)[nH]c1=O. The van der Waals surface area contributed by atoms with E-state index in [0.717, 1.165) is 4.57 Å². The number of hydrogen-bond acceptors (Lipinski definition) is 7. The molecule has 11 nitrogen and oxygen atoms in total. The monoisotopic (exact) mass is 462 g/mol. The maximum Gasteiger partial charge on any atom is 0.407 e. The van der Waals surface area contributed by atoms with Gasteiger partial charge >= 0.3 is 11.8 Å². The molecule has 0 spiro atoms. The second-order valence-corrected chi connectivity index (χ2v) is 8.52. The van der Waals surface area contributed by atoms with E-state index in [0.29, 0.717) is 11.3 Å². The van der Waals surface area contributed by atoms with Gasteiger partial charge in [0.05, 0.1) is 19.3 Å². The second kappa shape index (κ2) is 10.9. The number of para-hydroxylation sites is 1. The Labute approximate surface area is 190 Å². The predicted octanol–water partition coefficient (Wildman–Crippen LogP) is 0.256. The minimum Gasteiger partial charge on any atom is -0.444 e. The topological polar surface area (TPSA) is 154 Å². The van der Waals surface area contributed by atoms with Gasteiger partial charge in [-0.05, 0) is 39.3 Å². The second-order valence-electron chi connectivity index (χ2n) is 8.52. The summed E-state index contributed by atoms with van der Waals surface area (Å²) in [6.07, 6.45) is -0.605. The quantitative estimate of drug-likeness (QED) is 0.439. The van der Waals surface area contributed by atoms with Crippen LogP contribution in [0, 0.1) is 6.92 Å². The summed E-state index contributed by atoms with van der Waals surface area (Å²) in [5, 5.41) is 22.0. The Bertz CT molecular complexity index is 1100. The molecule has 0 aliphatic rings. The molecule has 0 saturated carbocycles. The number of H-pyrrole nitrogens is 1. The van der Waals surface area contributed by atoms with Crippen molar-refractivity contribution in [2.45, 2.75) is 52.5 Å². The highest BCUT2D eigenvalue weighted by Crippen LogP contribution is 2.22. The number of aromatic nitrogens is 2. The van der Waals surface area contributed by atoms with Gasteiger partial charge in [-0.15, -0.1) is 0 Å². The van der Waals surface area contributed by atoms with E-state index in [4.69, 9.17) is 4.74 Å². The largest absolute Gasteiger partial charge is 0.444 e. The van der Waals surface area contributed by atoms with Crippen molar-refractivity contribution in [1.29, 1.82) is 0 Å². The third-order valence-electron chi connectivity index (χ3n) is 4.50. The molecule has 180 valence electrons. The van der Waals surface area contributed by atoms with E-state index in [-0.39, 0.29) is 18.7 Å². The van der Waals surface area contributed by atoms with E-state index in [1.165, 1.54) is 18.0 Å². The average molecular weight is 463 g/mol. The number of amides is 2. The van der Waals surface area contributed by atoms with E-state index in [2.05, 4.69) is 10.3 Å². The summed E-state index contributed by atoms with van der Waals surface area (Å²) in [7, 11) is 0. The fourth-order valence-corrected chi connectivity index (χ4v) is 2.98. The normalized spacial score (nSPS) is 12.2. The van der Waals surface area contributed by atoms with Crippen LogP contribution in [0.5, 0.6) is 0 Å². The molecule has 1 heterocycles. The van der Waals surface area contributed by atoms with Gasteiger partial charge in [0.1, 0.15) is 12.1 Å². The van der Waals surface area contributed by atoms with Crippen molar-refractivity contribution in [2.75, 3.05) is 18.1 Å². The molecule has 0 fully saturated rings. The van der Waals surface area contributed by atoms with Gasteiger partial charge in [-0.3, -0.25) is 19.1 Å². The smallest absolute Gasteiger partial charge is 0.407 e. The van der Waals surface area contributed by atoms with E-state index in [9.17, 15) is 29.4 Å². The number of alkyl carbamates (subject to hydrolysis) is 1. The lowest BCUT2D eigenvalue weighted by Gasteiger charge is -2.27. The van der Waals surface area contributed by atoms with Crippen LogP contribution in [0.4, 0.5) is 10.5 Å². The number of carbonyl (C=O) groups is 2. The Morgan fingerprint density at radius 2 is 1.91 bits per heavy atom. The number of nitrogens with one attached hydrogen (secondary N) is 2. The molecule has 4 N–H and O–H groups in total. The van der Waals surface area contributed by atoms with Crippen molar-refractivity contribution < 1.29 is 24.5 Å². The minimum atomic E-state index is -1.24. The van der Waals surface area contributed by atoms with Crippen LogP contribution in [0.15, 0.2) is 40.1 Å².